The molecule has 1 aromatic carbocycles. The van der Waals surface area contributed by atoms with E-state index < -0.39 is 18.1 Å². The van der Waals surface area contributed by atoms with Crippen LogP contribution in [0.25, 0.3) is 0 Å². The van der Waals surface area contributed by atoms with E-state index in [0.29, 0.717) is 25.1 Å². The van der Waals surface area contributed by atoms with E-state index in [-0.39, 0.29) is 11.3 Å². The Balaban J connectivity index is 2.15. The van der Waals surface area contributed by atoms with Gasteiger partial charge >= 0.3 is 5.97 Å². The fourth-order valence-electron chi connectivity index (χ4n) is 2.95. The van der Waals surface area contributed by atoms with Crippen LogP contribution in [0.15, 0.2) is 24.3 Å². The lowest BCUT2D eigenvalue weighted by molar-refractivity contribution is -0.150. The maximum atomic E-state index is 12.6. The summed E-state index contributed by atoms with van der Waals surface area (Å²) in [7, 11) is 0. The van der Waals surface area contributed by atoms with Gasteiger partial charge in [-0.15, -0.1) is 0 Å². The first kappa shape index (κ1) is 17.3. The van der Waals surface area contributed by atoms with Crippen LogP contribution in [-0.2, 0) is 15.0 Å². The molecule has 1 amide bonds. The predicted octanol–water partition coefficient (Wildman–Crippen LogP) is 2.83. The van der Waals surface area contributed by atoms with Gasteiger partial charge in [0.1, 0.15) is 11.8 Å². The van der Waals surface area contributed by atoms with E-state index in [9.17, 15) is 14.7 Å². The van der Waals surface area contributed by atoms with E-state index >= 15 is 0 Å². The van der Waals surface area contributed by atoms with Crippen molar-refractivity contribution >= 4 is 11.9 Å². The van der Waals surface area contributed by atoms with Gasteiger partial charge in [-0.25, -0.2) is 4.79 Å². The fourth-order valence-corrected chi connectivity index (χ4v) is 2.95. The van der Waals surface area contributed by atoms with Crippen LogP contribution >= 0.6 is 0 Å². The van der Waals surface area contributed by atoms with Gasteiger partial charge in [-0.3, -0.25) is 4.79 Å². The van der Waals surface area contributed by atoms with Crippen molar-refractivity contribution in [3.63, 3.8) is 0 Å². The number of carboxylic acids is 1. The molecule has 1 saturated heterocycles. The standard InChI is InChI=1S/C18H25NO4/c1-12(16(20)19-11-7-9-14(19)17(21)22)23-15-10-6-5-8-13(15)18(2,3)4/h5-6,8,10,12,14H,7,9,11H2,1-4H3,(H,21,22). The zero-order valence-electron chi connectivity index (χ0n) is 14.2. The molecule has 0 radical (unpaired) electrons. The van der Waals surface area contributed by atoms with Crippen molar-refractivity contribution in [1.82, 2.24) is 4.90 Å². The van der Waals surface area contributed by atoms with Gasteiger partial charge in [0, 0.05) is 6.54 Å². The van der Waals surface area contributed by atoms with Gasteiger partial charge in [0.15, 0.2) is 6.10 Å². The molecule has 2 atom stereocenters. The summed E-state index contributed by atoms with van der Waals surface area (Å²) in [4.78, 5) is 25.2. The van der Waals surface area contributed by atoms with E-state index in [0.717, 1.165) is 5.56 Å². The average Bonchev–Trinajstić information content (AvgIpc) is 2.95. The number of para-hydroxylation sites is 1. The first-order chi connectivity index (χ1) is 10.7. The average molecular weight is 319 g/mol. The molecule has 1 heterocycles. The highest BCUT2D eigenvalue weighted by Gasteiger charge is 2.36. The third-order valence-corrected chi connectivity index (χ3v) is 4.17. The lowest BCUT2D eigenvalue weighted by Gasteiger charge is -2.28. The van der Waals surface area contributed by atoms with Crippen molar-refractivity contribution in [1.29, 1.82) is 0 Å². The number of hydrogen-bond donors (Lipinski definition) is 1. The van der Waals surface area contributed by atoms with Crippen LogP contribution in [-0.4, -0.2) is 40.6 Å². The van der Waals surface area contributed by atoms with Gasteiger partial charge in [-0.2, -0.15) is 0 Å². The number of aliphatic carboxylic acids is 1. The molecular formula is C18H25NO4. The van der Waals surface area contributed by atoms with Crippen LogP contribution in [0, 0.1) is 0 Å². The Morgan fingerprint density at radius 2 is 1.96 bits per heavy atom. The summed E-state index contributed by atoms with van der Waals surface area (Å²) in [6.07, 6.45) is 0.513. The van der Waals surface area contributed by atoms with Crippen LogP contribution in [0.4, 0.5) is 0 Å². The van der Waals surface area contributed by atoms with Crippen molar-refractivity contribution in [2.75, 3.05) is 6.54 Å². The van der Waals surface area contributed by atoms with E-state index in [1.165, 1.54) is 4.90 Å². The Morgan fingerprint density at radius 3 is 2.57 bits per heavy atom. The maximum absolute atomic E-state index is 12.6. The summed E-state index contributed by atoms with van der Waals surface area (Å²) >= 11 is 0. The molecule has 1 N–H and O–H groups in total. The highest BCUT2D eigenvalue weighted by molar-refractivity contribution is 5.87. The minimum atomic E-state index is -0.946. The highest BCUT2D eigenvalue weighted by Crippen LogP contribution is 2.32. The third kappa shape index (κ3) is 3.84. The monoisotopic (exact) mass is 319 g/mol. The van der Waals surface area contributed by atoms with Gasteiger partial charge in [-0.1, -0.05) is 39.0 Å². The number of hydrogen-bond acceptors (Lipinski definition) is 3. The summed E-state index contributed by atoms with van der Waals surface area (Å²) in [5, 5.41) is 9.22. The van der Waals surface area contributed by atoms with Crippen molar-refractivity contribution in [3.05, 3.63) is 29.8 Å². The van der Waals surface area contributed by atoms with Crippen molar-refractivity contribution < 1.29 is 19.4 Å². The lowest BCUT2D eigenvalue weighted by Crippen LogP contribution is -2.46. The second-order valence-electron chi connectivity index (χ2n) is 7.03. The molecule has 1 fully saturated rings. The van der Waals surface area contributed by atoms with Crippen molar-refractivity contribution in [2.45, 2.75) is 58.1 Å². The largest absolute Gasteiger partial charge is 0.481 e. The van der Waals surface area contributed by atoms with Crippen molar-refractivity contribution in [2.24, 2.45) is 0 Å². The smallest absolute Gasteiger partial charge is 0.326 e. The molecule has 0 spiro atoms. The number of rotatable bonds is 4. The number of amides is 1. The van der Waals surface area contributed by atoms with Crippen LogP contribution < -0.4 is 4.74 Å². The summed E-state index contributed by atoms with van der Waals surface area (Å²) in [6, 6.07) is 6.93. The normalized spacial score (nSPS) is 19.5. The van der Waals surface area contributed by atoms with Gasteiger partial charge in [0.05, 0.1) is 0 Å². The van der Waals surface area contributed by atoms with Crippen LogP contribution in [0.3, 0.4) is 0 Å². The molecule has 0 saturated carbocycles. The first-order valence-electron chi connectivity index (χ1n) is 8.01. The second-order valence-corrected chi connectivity index (χ2v) is 7.03. The fraction of sp³-hybridized carbons (Fsp3) is 0.556. The molecular weight excluding hydrogens is 294 g/mol. The lowest BCUT2D eigenvalue weighted by atomic mass is 9.86. The topological polar surface area (TPSA) is 66.8 Å². The van der Waals surface area contributed by atoms with Gasteiger partial charge in [0.2, 0.25) is 0 Å². The molecule has 23 heavy (non-hydrogen) atoms. The molecule has 126 valence electrons. The number of carbonyl (C=O) groups excluding carboxylic acids is 1. The Bertz CT molecular complexity index is 591. The minimum Gasteiger partial charge on any atom is -0.481 e. The van der Waals surface area contributed by atoms with Crippen LogP contribution in [0.1, 0.15) is 46.1 Å². The Kier molecular flexibility index (Phi) is 4.97. The highest BCUT2D eigenvalue weighted by atomic mass is 16.5. The molecule has 0 aliphatic carbocycles. The molecule has 5 nitrogen and oxygen atoms in total. The summed E-state index contributed by atoms with van der Waals surface area (Å²) < 4.78 is 5.89. The van der Waals surface area contributed by atoms with Crippen LogP contribution in [0.5, 0.6) is 5.75 Å². The van der Waals surface area contributed by atoms with E-state index in [1.54, 1.807) is 6.92 Å². The molecule has 1 aromatic rings. The van der Waals surface area contributed by atoms with E-state index in [1.807, 2.05) is 24.3 Å². The van der Waals surface area contributed by atoms with Crippen LogP contribution in [0.2, 0.25) is 0 Å². The zero-order chi connectivity index (χ0) is 17.2. The quantitative estimate of drug-likeness (QED) is 0.926. The summed E-state index contributed by atoms with van der Waals surface area (Å²) in [5.74, 6) is -0.538. The first-order valence-corrected chi connectivity index (χ1v) is 8.01. The van der Waals surface area contributed by atoms with Crippen molar-refractivity contribution in [3.8, 4) is 5.75 Å². The third-order valence-electron chi connectivity index (χ3n) is 4.17. The number of carboxylic acid groups (broad SMARTS) is 1. The minimum absolute atomic E-state index is 0.101. The number of likely N-dealkylation sites (tertiary alicyclic amines) is 1. The van der Waals surface area contributed by atoms with E-state index in [4.69, 9.17) is 4.74 Å². The molecule has 1 aliphatic heterocycles. The number of ether oxygens (including phenoxy) is 1. The molecule has 2 rings (SSSR count). The number of benzene rings is 1. The SMILES string of the molecule is CC(Oc1ccccc1C(C)(C)C)C(=O)N1CCCC1C(=O)O. The van der Waals surface area contributed by atoms with Gasteiger partial charge in [0.25, 0.3) is 5.91 Å². The Labute approximate surface area is 137 Å². The van der Waals surface area contributed by atoms with E-state index in [2.05, 4.69) is 20.8 Å². The Morgan fingerprint density at radius 1 is 1.30 bits per heavy atom. The maximum Gasteiger partial charge on any atom is 0.326 e. The molecule has 0 bridgehead atoms. The molecule has 5 heteroatoms. The molecule has 1 aliphatic rings. The molecule has 0 aromatic heterocycles. The molecule has 2 unspecified atom stereocenters. The second kappa shape index (κ2) is 6.60. The summed E-state index contributed by atoms with van der Waals surface area (Å²) in [5.41, 5.74) is 0.923. The number of nitrogens with zero attached hydrogens (tertiary/aromatic N) is 1. The zero-order valence-corrected chi connectivity index (χ0v) is 14.2. The predicted molar refractivity (Wildman–Crippen MR) is 87.6 cm³/mol. The van der Waals surface area contributed by atoms with Gasteiger partial charge < -0.3 is 14.7 Å². The number of carbonyl (C=O) groups is 2. The summed E-state index contributed by atoms with van der Waals surface area (Å²) in [6.45, 7) is 8.41. The van der Waals surface area contributed by atoms with Gasteiger partial charge in [-0.05, 0) is 36.8 Å². The Hall–Kier alpha value is -2.04.